The van der Waals surface area contributed by atoms with Crippen LogP contribution >= 0.6 is 24.2 Å². The predicted octanol–water partition coefficient (Wildman–Crippen LogP) is 1.67. The van der Waals surface area contributed by atoms with Crippen molar-refractivity contribution in [2.24, 2.45) is 0 Å². The lowest BCUT2D eigenvalue weighted by molar-refractivity contribution is -0.119. The van der Waals surface area contributed by atoms with Crippen molar-refractivity contribution >= 4 is 35.8 Å². The van der Waals surface area contributed by atoms with Crippen molar-refractivity contribution in [2.45, 2.75) is 12.5 Å². The number of hydrogen-bond donors (Lipinski definition) is 1. The number of ether oxygens (including phenoxy) is 1. The van der Waals surface area contributed by atoms with Gasteiger partial charge in [0.25, 0.3) is 0 Å². The number of methoxy groups -OCH3 is 1. The van der Waals surface area contributed by atoms with E-state index in [2.05, 4.69) is 5.32 Å². The highest BCUT2D eigenvalue weighted by atomic mass is 35.5. The molecule has 1 unspecified atom stereocenters. The number of hydrogen-bond acceptors (Lipinski definition) is 4. The Labute approximate surface area is 123 Å². The van der Waals surface area contributed by atoms with Gasteiger partial charge in [0.05, 0.1) is 13.2 Å². The first kappa shape index (κ1) is 14.5. The third kappa shape index (κ3) is 2.68. The van der Waals surface area contributed by atoms with Gasteiger partial charge in [-0.05, 0) is 30.2 Å². The summed E-state index contributed by atoms with van der Waals surface area (Å²) in [4.78, 5) is 14.3. The van der Waals surface area contributed by atoms with Crippen LogP contribution in [-0.2, 0) is 11.2 Å². The fraction of sp³-hybridized carbons (Fsp3) is 0.462. The maximum atomic E-state index is 12.4. The zero-order valence-corrected chi connectivity index (χ0v) is 12.4. The minimum absolute atomic E-state index is 0. The van der Waals surface area contributed by atoms with Gasteiger partial charge >= 0.3 is 0 Å². The lowest BCUT2D eigenvalue weighted by atomic mass is 10.1. The molecule has 4 nitrogen and oxygen atoms in total. The van der Waals surface area contributed by atoms with Crippen LogP contribution in [0.5, 0.6) is 5.75 Å². The topological polar surface area (TPSA) is 41.6 Å². The lowest BCUT2D eigenvalue weighted by Crippen LogP contribution is -2.44. The fourth-order valence-electron chi connectivity index (χ4n) is 2.48. The normalized spacial score (nSPS) is 20.9. The van der Waals surface area contributed by atoms with Crippen molar-refractivity contribution in [2.75, 3.05) is 30.2 Å². The van der Waals surface area contributed by atoms with Gasteiger partial charge in [-0.15, -0.1) is 24.2 Å². The summed E-state index contributed by atoms with van der Waals surface area (Å²) in [5.74, 6) is 2.81. The zero-order chi connectivity index (χ0) is 12.5. The number of anilines is 1. The van der Waals surface area contributed by atoms with E-state index in [0.717, 1.165) is 36.0 Å². The maximum Gasteiger partial charge on any atom is 0.245 e. The molecular weight excluding hydrogens is 284 g/mol. The standard InChI is InChI=1S/C13H16N2O2S.ClH/c1-17-10-2-3-12-9(6-10)4-5-15(12)13(16)11-7-18-8-14-11;/h2-3,6,11,14H,4-5,7-8H2,1H3;1H. The number of thioether (sulfide) groups is 1. The zero-order valence-electron chi connectivity index (χ0n) is 10.7. The molecule has 6 heteroatoms. The van der Waals surface area contributed by atoms with Crippen LogP contribution in [0.2, 0.25) is 0 Å². The van der Waals surface area contributed by atoms with E-state index in [1.165, 1.54) is 5.56 Å². The van der Waals surface area contributed by atoms with Gasteiger partial charge in [-0.2, -0.15) is 0 Å². The molecule has 1 aromatic rings. The third-order valence-electron chi connectivity index (χ3n) is 3.46. The monoisotopic (exact) mass is 300 g/mol. The van der Waals surface area contributed by atoms with Crippen LogP contribution in [-0.4, -0.2) is 37.2 Å². The second-order valence-electron chi connectivity index (χ2n) is 4.51. The minimum atomic E-state index is -0.0250. The summed E-state index contributed by atoms with van der Waals surface area (Å²) in [6, 6.07) is 5.91. The van der Waals surface area contributed by atoms with Gasteiger partial charge < -0.3 is 9.64 Å². The molecule has 0 bridgehead atoms. The summed E-state index contributed by atoms with van der Waals surface area (Å²) in [6.45, 7) is 0.782. The van der Waals surface area contributed by atoms with E-state index in [9.17, 15) is 4.79 Å². The first-order chi connectivity index (χ1) is 8.79. The summed E-state index contributed by atoms with van der Waals surface area (Å²) >= 11 is 1.78. The summed E-state index contributed by atoms with van der Waals surface area (Å²) in [5.41, 5.74) is 2.24. The average molecular weight is 301 g/mol. The number of nitrogens with one attached hydrogen (secondary N) is 1. The Morgan fingerprint density at radius 3 is 3.05 bits per heavy atom. The number of halogens is 1. The van der Waals surface area contributed by atoms with Gasteiger partial charge in [0.1, 0.15) is 5.75 Å². The molecule has 1 aromatic carbocycles. The predicted molar refractivity (Wildman–Crippen MR) is 80.5 cm³/mol. The van der Waals surface area contributed by atoms with E-state index in [1.807, 2.05) is 23.1 Å². The lowest BCUT2D eigenvalue weighted by Gasteiger charge is -2.21. The summed E-state index contributed by atoms with van der Waals surface area (Å²) in [7, 11) is 1.67. The number of carbonyl (C=O) groups excluding carboxylic acids is 1. The second-order valence-corrected chi connectivity index (χ2v) is 5.54. The average Bonchev–Trinajstić information content (AvgIpc) is 3.06. The molecule has 2 heterocycles. The van der Waals surface area contributed by atoms with E-state index >= 15 is 0 Å². The Bertz CT molecular complexity index is 478. The van der Waals surface area contributed by atoms with Gasteiger partial charge in [0, 0.05) is 23.9 Å². The van der Waals surface area contributed by atoms with Crippen molar-refractivity contribution in [3.05, 3.63) is 23.8 Å². The van der Waals surface area contributed by atoms with Gasteiger partial charge in [0.2, 0.25) is 5.91 Å². The van der Waals surface area contributed by atoms with Crippen molar-refractivity contribution in [3.63, 3.8) is 0 Å². The molecule has 3 rings (SSSR count). The first-order valence-electron chi connectivity index (χ1n) is 6.09. The highest BCUT2D eigenvalue weighted by Gasteiger charge is 2.31. The Morgan fingerprint density at radius 1 is 1.53 bits per heavy atom. The Kier molecular flexibility index (Phi) is 4.60. The van der Waals surface area contributed by atoms with E-state index in [4.69, 9.17) is 4.74 Å². The number of rotatable bonds is 2. The van der Waals surface area contributed by atoms with Crippen LogP contribution in [0.1, 0.15) is 5.56 Å². The van der Waals surface area contributed by atoms with Crippen molar-refractivity contribution in [1.29, 1.82) is 0 Å². The Balaban J connectivity index is 0.00000133. The molecule has 1 N–H and O–H groups in total. The van der Waals surface area contributed by atoms with Gasteiger partial charge in [-0.25, -0.2) is 0 Å². The molecule has 0 spiro atoms. The van der Waals surface area contributed by atoms with Crippen molar-refractivity contribution in [3.8, 4) is 5.75 Å². The largest absolute Gasteiger partial charge is 0.497 e. The van der Waals surface area contributed by atoms with E-state index < -0.39 is 0 Å². The van der Waals surface area contributed by atoms with Crippen LogP contribution in [0.3, 0.4) is 0 Å². The van der Waals surface area contributed by atoms with Gasteiger partial charge in [-0.1, -0.05) is 0 Å². The van der Waals surface area contributed by atoms with Crippen LogP contribution in [0.4, 0.5) is 5.69 Å². The molecule has 1 fully saturated rings. The molecule has 0 saturated carbocycles. The molecule has 2 aliphatic rings. The number of amides is 1. The van der Waals surface area contributed by atoms with E-state index in [-0.39, 0.29) is 24.4 Å². The number of nitrogens with zero attached hydrogens (tertiary/aromatic N) is 1. The third-order valence-corrected chi connectivity index (χ3v) is 4.40. The Morgan fingerprint density at radius 2 is 2.37 bits per heavy atom. The summed E-state index contributed by atoms with van der Waals surface area (Å²) < 4.78 is 5.22. The van der Waals surface area contributed by atoms with Crippen molar-refractivity contribution < 1.29 is 9.53 Å². The molecule has 0 radical (unpaired) electrons. The van der Waals surface area contributed by atoms with Crippen molar-refractivity contribution in [1.82, 2.24) is 5.32 Å². The molecule has 2 aliphatic heterocycles. The highest BCUT2D eigenvalue weighted by Crippen LogP contribution is 2.32. The first-order valence-corrected chi connectivity index (χ1v) is 7.24. The molecule has 19 heavy (non-hydrogen) atoms. The molecular formula is C13H17ClN2O2S. The number of fused-ring (bicyclic) bond motifs is 1. The Hall–Kier alpha value is -0.910. The molecule has 104 valence electrons. The van der Waals surface area contributed by atoms with Crippen LogP contribution in [0.25, 0.3) is 0 Å². The quantitative estimate of drug-likeness (QED) is 0.902. The van der Waals surface area contributed by atoms with Crippen LogP contribution < -0.4 is 15.0 Å². The summed E-state index contributed by atoms with van der Waals surface area (Å²) in [6.07, 6.45) is 0.915. The molecule has 0 aromatic heterocycles. The molecule has 1 atom stereocenters. The molecule has 1 amide bonds. The summed E-state index contributed by atoms with van der Waals surface area (Å²) in [5, 5.41) is 3.23. The minimum Gasteiger partial charge on any atom is -0.497 e. The SMILES string of the molecule is COc1ccc2c(c1)CCN2C(=O)C1CSCN1.Cl. The second kappa shape index (κ2) is 6.03. The highest BCUT2D eigenvalue weighted by molar-refractivity contribution is 7.99. The van der Waals surface area contributed by atoms with E-state index in [1.54, 1.807) is 18.9 Å². The molecule has 1 saturated heterocycles. The van der Waals surface area contributed by atoms with Gasteiger partial charge in [-0.3, -0.25) is 10.1 Å². The maximum absolute atomic E-state index is 12.4. The fourth-order valence-corrected chi connectivity index (χ4v) is 3.41. The van der Waals surface area contributed by atoms with Crippen LogP contribution in [0, 0.1) is 0 Å². The smallest absolute Gasteiger partial charge is 0.245 e. The number of benzene rings is 1. The van der Waals surface area contributed by atoms with Gasteiger partial charge in [0.15, 0.2) is 0 Å². The van der Waals surface area contributed by atoms with E-state index in [0.29, 0.717) is 0 Å². The number of carbonyl (C=O) groups is 1. The molecule has 0 aliphatic carbocycles. The van der Waals surface area contributed by atoms with Crippen LogP contribution in [0.15, 0.2) is 18.2 Å².